The van der Waals surface area contributed by atoms with Crippen LogP contribution in [0.1, 0.15) is 25.1 Å². The summed E-state index contributed by atoms with van der Waals surface area (Å²) in [6, 6.07) is 0.745. The molecule has 0 aliphatic heterocycles. The molecule has 0 amide bonds. The van der Waals surface area contributed by atoms with Crippen LogP contribution in [0.2, 0.25) is 0 Å². The Morgan fingerprint density at radius 3 is 3.20 bits per heavy atom. The van der Waals surface area contributed by atoms with Crippen LogP contribution in [0.5, 0.6) is 0 Å². The summed E-state index contributed by atoms with van der Waals surface area (Å²) in [6.45, 7) is 2.70. The quantitative estimate of drug-likeness (QED) is 0.685. The van der Waals surface area contributed by atoms with E-state index < -0.39 is 0 Å². The zero-order valence-electron chi connectivity index (χ0n) is 9.28. The van der Waals surface area contributed by atoms with Crippen LogP contribution in [0.4, 0.5) is 0 Å². The molecule has 1 saturated carbocycles. The largest absolute Gasteiger partial charge is 0.385 e. The van der Waals surface area contributed by atoms with E-state index in [1.165, 1.54) is 12.8 Å². The molecule has 1 aromatic heterocycles. The van der Waals surface area contributed by atoms with Gasteiger partial charge in [-0.15, -0.1) is 0 Å². The Hall–Kier alpha value is -0.870. The van der Waals surface area contributed by atoms with Crippen molar-refractivity contribution in [1.29, 1.82) is 0 Å². The molecular formula is C11H19N3O. The Kier molecular flexibility index (Phi) is 3.75. The van der Waals surface area contributed by atoms with Gasteiger partial charge in [0.1, 0.15) is 5.82 Å². The lowest BCUT2D eigenvalue weighted by Crippen LogP contribution is -2.19. The van der Waals surface area contributed by atoms with E-state index in [0.717, 1.165) is 38.0 Å². The minimum Gasteiger partial charge on any atom is -0.385 e. The summed E-state index contributed by atoms with van der Waals surface area (Å²) in [7, 11) is 1.74. The minimum absolute atomic E-state index is 0.745. The van der Waals surface area contributed by atoms with E-state index in [2.05, 4.69) is 14.9 Å². The summed E-state index contributed by atoms with van der Waals surface area (Å²) >= 11 is 0. The fourth-order valence-electron chi connectivity index (χ4n) is 1.61. The number of aryl methyl sites for hydroxylation is 1. The summed E-state index contributed by atoms with van der Waals surface area (Å²) in [4.78, 5) is 4.35. The smallest absolute Gasteiger partial charge is 0.122 e. The second-order valence-corrected chi connectivity index (χ2v) is 4.04. The number of hydrogen-bond acceptors (Lipinski definition) is 3. The van der Waals surface area contributed by atoms with E-state index in [9.17, 15) is 0 Å². The average molecular weight is 209 g/mol. The lowest BCUT2D eigenvalue weighted by molar-refractivity contribution is 0.190. The van der Waals surface area contributed by atoms with Gasteiger partial charge >= 0.3 is 0 Å². The second kappa shape index (κ2) is 5.28. The molecule has 1 N–H and O–H groups in total. The number of rotatable bonds is 7. The second-order valence-electron chi connectivity index (χ2n) is 4.04. The van der Waals surface area contributed by atoms with Crippen molar-refractivity contribution in [3.63, 3.8) is 0 Å². The first-order chi connectivity index (χ1) is 7.40. The van der Waals surface area contributed by atoms with Crippen molar-refractivity contribution >= 4 is 0 Å². The minimum atomic E-state index is 0.745. The van der Waals surface area contributed by atoms with Crippen LogP contribution in [0, 0.1) is 0 Å². The third-order valence-electron chi connectivity index (χ3n) is 2.68. The zero-order valence-corrected chi connectivity index (χ0v) is 9.28. The van der Waals surface area contributed by atoms with E-state index in [0.29, 0.717) is 0 Å². The van der Waals surface area contributed by atoms with Crippen molar-refractivity contribution in [2.75, 3.05) is 13.7 Å². The third kappa shape index (κ3) is 3.32. The van der Waals surface area contributed by atoms with Gasteiger partial charge in [0.2, 0.25) is 0 Å². The Morgan fingerprint density at radius 1 is 1.60 bits per heavy atom. The lowest BCUT2D eigenvalue weighted by Gasteiger charge is -2.07. The van der Waals surface area contributed by atoms with Crippen LogP contribution in [-0.2, 0) is 17.8 Å². The molecule has 84 valence electrons. The van der Waals surface area contributed by atoms with Gasteiger partial charge in [0, 0.05) is 38.7 Å². The van der Waals surface area contributed by atoms with Crippen LogP contribution in [-0.4, -0.2) is 29.3 Å². The molecular weight excluding hydrogens is 190 g/mol. The maximum atomic E-state index is 5.04. The SMILES string of the molecule is COCCCn1ccnc1CNC1CC1. The normalized spacial score (nSPS) is 15.8. The third-order valence-corrected chi connectivity index (χ3v) is 2.68. The molecule has 1 fully saturated rings. The first-order valence-electron chi connectivity index (χ1n) is 5.62. The van der Waals surface area contributed by atoms with Gasteiger partial charge in [-0.05, 0) is 19.3 Å². The van der Waals surface area contributed by atoms with Crippen LogP contribution in [0.3, 0.4) is 0 Å². The fraction of sp³-hybridized carbons (Fsp3) is 0.727. The maximum Gasteiger partial charge on any atom is 0.122 e. The number of aromatic nitrogens is 2. The van der Waals surface area contributed by atoms with Crippen molar-refractivity contribution in [2.24, 2.45) is 0 Å². The van der Waals surface area contributed by atoms with Gasteiger partial charge < -0.3 is 14.6 Å². The van der Waals surface area contributed by atoms with Gasteiger partial charge in [-0.3, -0.25) is 0 Å². The summed E-state index contributed by atoms with van der Waals surface area (Å²) in [5.41, 5.74) is 0. The first kappa shape index (κ1) is 10.6. The monoisotopic (exact) mass is 209 g/mol. The highest BCUT2D eigenvalue weighted by molar-refractivity contribution is 4.94. The van der Waals surface area contributed by atoms with E-state index in [-0.39, 0.29) is 0 Å². The first-order valence-corrected chi connectivity index (χ1v) is 5.62. The Morgan fingerprint density at radius 2 is 2.47 bits per heavy atom. The predicted octanol–water partition coefficient (Wildman–Crippen LogP) is 1.17. The molecule has 0 atom stereocenters. The topological polar surface area (TPSA) is 39.1 Å². The van der Waals surface area contributed by atoms with Gasteiger partial charge in [0.15, 0.2) is 0 Å². The molecule has 0 aromatic carbocycles. The molecule has 4 heteroatoms. The number of nitrogens with zero attached hydrogens (tertiary/aromatic N) is 2. The van der Waals surface area contributed by atoms with Crippen molar-refractivity contribution in [2.45, 2.75) is 38.4 Å². The van der Waals surface area contributed by atoms with Crippen molar-refractivity contribution in [3.05, 3.63) is 18.2 Å². The Labute approximate surface area is 90.6 Å². The van der Waals surface area contributed by atoms with Crippen molar-refractivity contribution in [1.82, 2.24) is 14.9 Å². The Bertz CT molecular complexity index is 294. The lowest BCUT2D eigenvalue weighted by atomic mass is 10.4. The fourth-order valence-corrected chi connectivity index (χ4v) is 1.61. The maximum absolute atomic E-state index is 5.04. The molecule has 1 aliphatic carbocycles. The highest BCUT2D eigenvalue weighted by Crippen LogP contribution is 2.19. The van der Waals surface area contributed by atoms with Crippen LogP contribution in [0.25, 0.3) is 0 Å². The molecule has 1 aliphatic rings. The van der Waals surface area contributed by atoms with Crippen molar-refractivity contribution < 1.29 is 4.74 Å². The molecule has 1 heterocycles. The molecule has 0 spiro atoms. The van der Waals surface area contributed by atoms with E-state index in [4.69, 9.17) is 4.74 Å². The van der Waals surface area contributed by atoms with E-state index in [1.54, 1.807) is 7.11 Å². The highest BCUT2D eigenvalue weighted by Gasteiger charge is 2.20. The number of methoxy groups -OCH3 is 1. The van der Waals surface area contributed by atoms with Crippen LogP contribution in [0.15, 0.2) is 12.4 Å². The molecule has 0 unspecified atom stereocenters. The molecule has 15 heavy (non-hydrogen) atoms. The number of imidazole rings is 1. The van der Waals surface area contributed by atoms with Gasteiger partial charge in [-0.2, -0.15) is 0 Å². The molecule has 0 bridgehead atoms. The van der Waals surface area contributed by atoms with Gasteiger partial charge in [-0.1, -0.05) is 0 Å². The molecule has 4 nitrogen and oxygen atoms in total. The van der Waals surface area contributed by atoms with Gasteiger partial charge in [-0.25, -0.2) is 4.98 Å². The average Bonchev–Trinajstić information content (AvgIpc) is 2.97. The standard InChI is InChI=1S/C11H19N3O/c1-15-8-2-6-14-7-5-12-11(14)9-13-10-3-4-10/h5,7,10,13H,2-4,6,8-9H2,1H3. The van der Waals surface area contributed by atoms with Crippen molar-refractivity contribution in [3.8, 4) is 0 Å². The highest BCUT2D eigenvalue weighted by atomic mass is 16.5. The zero-order chi connectivity index (χ0) is 10.5. The summed E-state index contributed by atoms with van der Waals surface area (Å²) < 4.78 is 7.24. The number of hydrogen-bond donors (Lipinski definition) is 1. The van der Waals surface area contributed by atoms with E-state index >= 15 is 0 Å². The number of nitrogens with one attached hydrogen (secondary N) is 1. The summed E-state index contributed by atoms with van der Waals surface area (Å²) in [6.07, 6.45) is 7.61. The summed E-state index contributed by atoms with van der Waals surface area (Å²) in [5.74, 6) is 1.14. The van der Waals surface area contributed by atoms with Crippen LogP contribution < -0.4 is 5.32 Å². The predicted molar refractivity (Wildman–Crippen MR) is 58.6 cm³/mol. The Balaban J connectivity index is 1.78. The molecule has 0 saturated heterocycles. The van der Waals surface area contributed by atoms with E-state index in [1.807, 2.05) is 12.4 Å². The molecule has 0 radical (unpaired) electrons. The number of ether oxygens (including phenoxy) is 1. The van der Waals surface area contributed by atoms with Gasteiger partial charge in [0.25, 0.3) is 0 Å². The molecule has 2 rings (SSSR count). The molecule has 1 aromatic rings. The van der Waals surface area contributed by atoms with Crippen LogP contribution >= 0.6 is 0 Å². The van der Waals surface area contributed by atoms with Gasteiger partial charge in [0.05, 0.1) is 6.54 Å². The summed E-state index contributed by atoms with van der Waals surface area (Å²) in [5, 5.41) is 3.48.